The molecular weight excluding hydrogens is 416 g/mol. The Balaban J connectivity index is 6.42. The van der Waals surface area contributed by atoms with Gasteiger partial charge in [-0.25, -0.2) is 0 Å². The first-order valence-corrected chi connectivity index (χ1v) is 24.3. The van der Waals surface area contributed by atoms with E-state index in [1.165, 1.54) is 0 Å². The van der Waals surface area contributed by atoms with E-state index in [9.17, 15) is 0 Å². The van der Waals surface area contributed by atoms with Crippen LogP contribution in [-0.2, 0) is 15.3 Å². The van der Waals surface area contributed by atoms with Crippen molar-refractivity contribution in [2.45, 2.75) is 62.3 Å². The van der Waals surface area contributed by atoms with Gasteiger partial charge in [-0.1, -0.05) is 0 Å². The summed E-state index contributed by atoms with van der Waals surface area (Å²) >= 11 is -0.275. The van der Waals surface area contributed by atoms with Gasteiger partial charge in [0.2, 0.25) is 0 Å². The third-order valence-electron chi connectivity index (χ3n) is 6.51. The van der Waals surface area contributed by atoms with E-state index in [4.69, 9.17) is 0 Å². The molecule has 0 fully saturated rings. The van der Waals surface area contributed by atoms with Gasteiger partial charge in [-0.2, -0.15) is 0 Å². The molecule has 0 aromatic carbocycles. The van der Waals surface area contributed by atoms with E-state index in [0.29, 0.717) is 0 Å². The average Bonchev–Trinajstić information content (AvgIpc) is 2.60. The molecule has 0 bridgehead atoms. The maximum absolute atomic E-state index is 2.59. The Morgan fingerprint density at radius 2 is 0.500 bits per heavy atom. The van der Waals surface area contributed by atoms with E-state index in [0.717, 1.165) is 0 Å². The first-order valence-electron chi connectivity index (χ1n) is 10.0. The van der Waals surface area contributed by atoms with Crippen molar-refractivity contribution in [1.82, 2.24) is 0 Å². The van der Waals surface area contributed by atoms with Crippen molar-refractivity contribution in [1.29, 1.82) is 0 Å². The first kappa shape index (κ1) is 24.0. The summed E-state index contributed by atoms with van der Waals surface area (Å²) in [5.41, 5.74) is -3.01. The Morgan fingerprint density at radius 3 is 0.591 bits per heavy atom. The van der Waals surface area contributed by atoms with Gasteiger partial charge in [-0.05, 0) is 0 Å². The predicted octanol–water partition coefficient (Wildman–Crippen LogP) is 6.78. The molecule has 0 N–H and O–H groups in total. The second kappa shape index (κ2) is 10.8. The Hall–Kier alpha value is 1.95. The van der Waals surface area contributed by atoms with Gasteiger partial charge in [0.25, 0.3) is 0 Å². The third-order valence-corrected chi connectivity index (χ3v) is 84.9. The predicted molar refractivity (Wildman–Crippen MR) is 120 cm³/mol. The van der Waals surface area contributed by atoms with E-state index in [2.05, 4.69) is 62.3 Å². The molecule has 0 aromatic heterocycles. The van der Waals surface area contributed by atoms with Crippen molar-refractivity contribution >= 4 is 16.4 Å². The van der Waals surface area contributed by atoms with Gasteiger partial charge in [0.05, 0.1) is 0 Å². The summed E-state index contributed by atoms with van der Waals surface area (Å²) in [4.78, 5) is 0. The molecule has 0 aliphatic heterocycles. The van der Waals surface area contributed by atoms with Crippen LogP contribution in [0.1, 0.15) is 62.3 Å². The molecule has 0 radical (unpaired) electrons. The molecule has 22 heavy (non-hydrogen) atoms. The molecule has 0 amide bonds. The van der Waals surface area contributed by atoms with Crippen molar-refractivity contribution in [3.8, 4) is 0 Å². The Morgan fingerprint density at radius 1 is 0.364 bits per heavy atom. The third kappa shape index (κ3) is 4.37. The average molecular weight is 464 g/mol. The number of hydrogen-bond donors (Lipinski definition) is 0. The quantitative estimate of drug-likeness (QED) is 0.221. The molecular formula is C18H48P3Pd. The van der Waals surface area contributed by atoms with Crippen LogP contribution in [0.4, 0.5) is 0 Å². The minimum atomic E-state index is -1.00. The van der Waals surface area contributed by atoms with Gasteiger partial charge in [-0.15, -0.1) is 0 Å². The van der Waals surface area contributed by atoms with Gasteiger partial charge >= 0.3 is 149 Å². The van der Waals surface area contributed by atoms with Crippen molar-refractivity contribution < 1.29 is 15.3 Å². The summed E-state index contributed by atoms with van der Waals surface area (Å²) in [7, 11) is 0. The summed E-state index contributed by atoms with van der Waals surface area (Å²) in [5.74, 6) is 0. The molecule has 0 aromatic rings. The van der Waals surface area contributed by atoms with Crippen LogP contribution in [0.25, 0.3) is 0 Å². The molecule has 0 aliphatic carbocycles. The Bertz CT molecular complexity index is 222. The molecule has 0 atom stereocenters. The molecule has 4 heteroatoms. The molecule has 0 heterocycles. The zero-order valence-corrected chi connectivity index (χ0v) is 21.7. The van der Waals surface area contributed by atoms with Crippen molar-refractivity contribution in [2.75, 3.05) is 55.5 Å². The van der Waals surface area contributed by atoms with Crippen LogP contribution in [-0.4, -0.2) is 55.5 Å². The van der Waals surface area contributed by atoms with Crippen molar-refractivity contribution in [3.63, 3.8) is 0 Å². The van der Waals surface area contributed by atoms with Crippen LogP contribution in [0.15, 0.2) is 0 Å². The molecule has 0 saturated heterocycles. The summed E-state index contributed by atoms with van der Waals surface area (Å²) in [5, 5.41) is 0. The van der Waals surface area contributed by atoms with Crippen molar-refractivity contribution in [2.24, 2.45) is 0 Å². The van der Waals surface area contributed by atoms with Crippen LogP contribution >= 0.6 is 16.4 Å². The Kier molecular flexibility index (Phi) is 11.8. The molecule has 0 rings (SSSR count). The van der Waals surface area contributed by atoms with Gasteiger partial charge in [0.1, 0.15) is 0 Å². The molecule has 145 valence electrons. The maximum atomic E-state index is 2.59. The zero-order valence-electron chi connectivity index (χ0n) is 17.2. The summed E-state index contributed by atoms with van der Waals surface area (Å²) in [6.07, 6.45) is 14.4. The molecule has 0 nitrogen and oxygen atoms in total. The minimum absolute atomic E-state index is 0.275. The van der Waals surface area contributed by atoms with Crippen LogP contribution in [0.3, 0.4) is 0 Å². The van der Waals surface area contributed by atoms with Gasteiger partial charge in [0.15, 0.2) is 0 Å². The van der Waals surface area contributed by atoms with Crippen LogP contribution in [0.5, 0.6) is 0 Å². The Labute approximate surface area is 149 Å². The van der Waals surface area contributed by atoms with E-state index in [-0.39, 0.29) is 15.3 Å². The second-order valence-corrected chi connectivity index (χ2v) is 46.8. The normalized spacial score (nSPS) is 16.5. The topological polar surface area (TPSA) is 0 Å². The number of rotatable bonds is 12. The summed E-state index contributed by atoms with van der Waals surface area (Å²) < 4.78 is 0. The summed E-state index contributed by atoms with van der Waals surface area (Å²) in [6, 6.07) is 0. The van der Waals surface area contributed by atoms with E-state index < -0.39 is 16.4 Å². The monoisotopic (exact) mass is 463 g/mol. The standard InChI is InChI=1S/3C6H15P.Pd/c3*1-4-7(5-2)6-3;/h3*4-6H2,1-3H3;/q;;;-3/p+3. The van der Waals surface area contributed by atoms with Crippen LogP contribution < -0.4 is 0 Å². The second-order valence-electron chi connectivity index (χ2n) is 6.68. The fourth-order valence-electron chi connectivity index (χ4n) is 4.32. The fourth-order valence-corrected chi connectivity index (χ4v) is 117. The van der Waals surface area contributed by atoms with Crippen LogP contribution in [0.2, 0.25) is 0 Å². The summed E-state index contributed by atoms with van der Waals surface area (Å²) in [6.45, 7) is 23.3. The molecule has 0 aliphatic rings. The van der Waals surface area contributed by atoms with E-state index >= 15 is 0 Å². The molecule has 0 unspecified atom stereocenters. The first-order chi connectivity index (χ1) is 10.4. The zero-order chi connectivity index (χ0) is 17.4. The SMILES string of the molecule is CC[PH](CC)(CC)[Pd]([PH](CC)(CC)CC)[PH](CC)(CC)CC. The molecule has 0 saturated carbocycles. The van der Waals surface area contributed by atoms with Gasteiger partial charge < -0.3 is 0 Å². The fraction of sp³-hybridized carbons (Fsp3) is 1.00. The van der Waals surface area contributed by atoms with E-state index in [1.807, 2.05) is 0 Å². The van der Waals surface area contributed by atoms with Gasteiger partial charge in [-0.3, -0.25) is 0 Å². The van der Waals surface area contributed by atoms with E-state index in [1.54, 1.807) is 55.5 Å². The van der Waals surface area contributed by atoms with Crippen LogP contribution in [0, 0.1) is 0 Å². The van der Waals surface area contributed by atoms with Crippen molar-refractivity contribution in [3.05, 3.63) is 0 Å². The van der Waals surface area contributed by atoms with Gasteiger partial charge in [0, 0.05) is 0 Å². The molecule has 0 spiro atoms. The number of hydrogen-bond acceptors (Lipinski definition) is 0.